The van der Waals surface area contributed by atoms with Gasteiger partial charge >= 0.3 is 5.97 Å². The van der Waals surface area contributed by atoms with Crippen LogP contribution in [0.15, 0.2) is 128 Å². The molecule has 5 aromatic carbocycles. The van der Waals surface area contributed by atoms with Crippen molar-refractivity contribution in [1.82, 2.24) is 15.2 Å². The topological polar surface area (TPSA) is 113 Å². The van der Waals surface area contributed by atoms with E-state index in [1.165, 1.54) is 0 Å². The van der Waals surface area contributed by atoms with Gasteiger partial charge in [0, 0.05) is 44.9 Å². The number of carbonyl (C=O) groups is 2. The number of aliphatic carboxylic acids is 1. The number of aromatic nitrogens is 1. The van der Waals surface area contributed by atoms with Crippen molar-refractivity contribution in [2.45, 2.75) is 63.6 Å². The van der Waals surface area contributed by atoms with Crippen LogP contribution in [0.1, 0.15) is 58.9 Å². The van der Waals surface area contributed by atoms with E-state index in [-0.39, 0.29) is 24.5 Å². The van der Waals surface area contributed by atoms with Crippen molar-refractivity contribution in [3.8, 4) is 28.4 Å². The highest BCUT2D eigenvalue weighted by Crippen LogP contribution is 2.43. The summed E-state index contributed by atoms with van der Waals surface area (Å²) in [7, 11) is 3.89. The lowest BCUT2D eigenvalue weighted by molar-refractivity contribution is -0.143. The second kappa shape index (κ2) is 18.9. The summed E-state index contributed by atoms with van der Waals surface area (Å²) in [4.78, 5) is 35.8. The summed E-state index contributed by atoms with van der Waals surface area (Å²) < 4.78 is 18.9. The maximum absolute atomic E-state index is 14.4. The number of carboxylic acid groups (broad SMARTS) is 1. The Labute approximate surface area is 372 Å². The summed E-state index contributed by atoms with van der Waals surface area (Å²) in [6, 6.07) is 37.1. The fraction of sp³-hybridized carbons (Fsp3) is 0.260. The molecular weight excluding hydrogens is 823 g/mol. The molecule has 2 aliphatic rings. The van der Waals surface area contributed by atoms with Gasteiger partial charge in [-0.1, -0.05) is 103 Å². The van der Waals surface area contributed by atoms with Crippen molar-refractivity contribution >= 4 is 40.9 Å². The highest BCUT2D eigenvalue weighted by molar-refractivity contribution is 6.42. The fourth-order valence-corrected chi connectivity index (χ4v) is 8.50. The standard InChI is InChI=1S/C50H48Cl2N4O6/c1-4-43(34-8-6-5-7-9-34)56-28-38-26-46-45(61-30-47(62-46)35-15-18-39(19-16-35)60-29-32-12-20-40(51)41(52)22-32)25-37(38)24-44(56)49(57)54-42(50(58)59)23-31-10-13-33(14-11-31)36-17-21-48(53-27-36)55(2)3/h5-22,25-27,42-44,47H,4,23-24,28-30H2,1-3H3,(H,54,57)(H,58,59)/t42-,43-,44-,47+/m0/s1. The number of halogens is 2. The molecule has 2 aliphatic heterocycles. The Balaban J connectivity index is 0.982. The second-order valence-corrected chi connectivity index (χ2v) is 16.7. The third-order valence-electron chi connectivity index (χ3n) is 11.6. The lowest BCUT2D eigenvalue weighted by atomic mass is 9.89. The van der Waals surface area contributed by atoms with E-state index >= 15 is 0 Å². The van der Waals surface area contributed by atoms with E-state index < -0.39 is 18.1 Å². The first-order valence-corrected chi connectivity index (χ1v) is 21.5. The molecule has 0 aliphatic carbocycles. The summed E-state index contributed by atoms with van der Waals surface area (Å²) in [6.45, 7) is 3.21. The number of carbonyl (C=O) groups excluding carboxylic acids is 1. The van der Waals surface area contributed by atoms with Gasteiger partial charge in [-0.05, 0) is 100 Å². The van der Waals surface area contributed by atoms with Crippen LogP contribution in [0.4, 0.5) is 5.82 Å². The maximum atomic E-state index is 14.4. The highest BCUT2D eigenvalue weighted by Gasteiger charge is 2.39. The quantitative estimate of drug-likeness (QED) is 0.110. The third-order valence-corrected chi connectivity index (χ3v) is 12.3. The van der Waals surface area contributed by atoms with Crippen LogP contribution in [0.25, 0.3) is 11.1 Å². The normalized spacial score (nSPS) is 16.7. The number of pyridine rings is 1. The minimum absolute atomic E-state index is 0.101. The van der Waals surface area contributed by atoms with E-state index in [1.807, 2.05) is 122 Å². The summed E-state index contributed by atoms with van der Waals surface area (Å²) in [5.41, 5.74) is 7.65. The maximum Gasteiger partial charge on any atom is 0.326 e. The van der Waals surface area contributed by atoms with Crippen molar-refractivity contribution in [2.75, 3.05) is 25.6 Å². The first-order valence-electron chi connectivity index (χ1n) is 20.7. The number of ether oxygens (including phenoxy) is 3. The van der Waals surface area contributed by atoms with Crippen LogP contribution >= 0.6 is 23.2 Å². The van der Waals surface area contributed by atoms with Gasteiger partial charge in [-0.25, -0.2) is 9.78 Å². The molecule has 1 aromatic heterocycles. The molecule has 0 saturated carbocycles. The van der Waals surface area contributed by atoms with Crippen LogP contribution in [0, 0.1) is 0 Å². The predicted octanol–water partition coefficient (Wildman–Crippen LogP) is 9.90. The molecule has 1 amide bonds. The molecule has 62 heavy (non-hydrogen) atoms. The zero-order valence-electron chi connectivity index (χ0n) is 34.8. The first-order chi connectivity index (χ1) is 30.0. The van der Waals surface area contributed by atoms with Crippen molar-refractivity contribution in [2.24, 2.45) is 0 Å². The van der Waals surface area contributed by atoms with Gasteiger partial charge in [0.2, 0.25) is 5.91 Å². The number of nitrogens with zero attached hydrogens (tertiary/aromatic N) is 3. The Morgan fingerprint density at radius 3 is 2.27 bits per heavy atom. The van der Waals surface area contributed by atoms with Crippen molar-refractivity contribution in [3.05, 3.63) is 171 Å². The smallest absolute Gasteiger partial charge is 0.326 e. The molecule has 2 N–H and O–H groups in total. The van der Waals surface area contributed by atoms with E-state index in [2.05, 4.69) is 34.3 Å². The minimum Gasteiger partial charge on any atom is -0.489 e. The van der Waals surface area contributed by atoms with Gasteiger partial charge in [0.05, 0.1) is 16.1 Å². The van der Waals surface area contributed by atoms with Gasteiger partial charge in [-0.15, -0.1) is 0 Å². The van der Waals surface area contributed by atoms with E-state index in [4.69, 9.17) is 37.4 Å². The number of hydrogen-bond donors (Lipinski definition) is 2. The van der Waals surface area contributed by atoms with Crippen LogP contribution in [0.3, 0.4) is 0 Å². The second-order valence-electron chi connectivity index (χ2n) is 15.9. The number of anilines is 1. The average molecular weight is 872 g/mol. The summed E-state index contributed by atoms with van der Waals surface area (Å²) in [5.74, 6) is 1.38. The Bertz CT molecular complexity index is 2520. The van der Waals surface area contributed by atoms with Crippen molar-refractivity contribution in [3.63, 3.8) is 0 Å². The number of carboxylic acids is 1. The Hall–Kier alpha value is -6.07. The van der Waals surface area contributed by atoms with Crippen LogP contribution in [0.5, 0.6) is 17.2 Å². The van der Waals surface area contributed by atoms with E-state index in [0.29, 0.717) is 53.5 Å². The fourth-order valence-electron chi connectivity index (χ4n) is 8.18. The highest BCUT2D eigenvalue weighted by atomic mass is 35.5. The molecule has 0 bridgehead atoms. The van der Waals surface area contributed by atoms with Crippen LogP contribution in [0.2, 0.25) is 10.0 Å². The number of nitrogens with one attached hydrogen (secondary N) is 1. The van der Waals surface area contributed by atoms with Crippen molar-refractivity contribution in [1.29, 1.82) is 0 Å². The van der Waals surface area contributed by atoms with E-state index in [0.717, 1.165) is 56.7 Å². The van der Waals surface area contributed by atoms with Gasteiger partial charge in [-0.2, -0.15) is 0 Å². The molecule has 0 fully saturated rings. The SMILES string of the molecule is CC[C@@H](c1ccccc1)N1Cc2cc3c(cc2C[C@H]1C(=O)N[C@@H](Cc1ccc(-c2ccc(N(C)C)nc2)cc1)C(=O)O)OC[C@H](c1ccc(OCc2ccc(Cl)c(Cl)c2)cc1)O3. The number of fused-ring (bicyclic) bond motifs is 2. The van der Waals surface area contributed by atoms with Gasteiger partial charge in [0.1, 0.15) is 30.8 Å². The molecule has 0 spiro atoms. The van der Waals surface area contributed by atoms with Gasteiger partial charge in [-0.3, -0.25) is 9.69 Å². The zero-order valence-corrected chi connectivity index (χ0v) is 36.3. The van der Waals surface area contributed by atoms with Crippen LogP contribution < -0.4 is 24.4 Å². The summed E-state index contributed by atoms with van der Waals surface area (Å²) in [6.07, 6.45) is 2.72. The zero-order chi connectivity index (χ0) is 43.3. The molecule has 6 aromatic rings. The largest absolute Gasteiger partial charge is 0.489 e. The molecule has 12 heteroatoms. The first kappa shape index (κ1) is 42.6. The number of rotatable bonds is 14. The lowest BCUT2D eigenvalue weighted by Gasteiger charge is -2.42. The monoisotopic (exact) mass is 870 g/mol. The molecule has 318 valence electrons. The van der Waals surface area contributed by atoms with E-state index in [1.54, 1.807) is 12.1 Å². The Morgan fingerprint density at radius 2 is 1.60 bits per heavy atom. The number of amides is 1. The molecular formula is C50H48Cl2N4O6. The summed E-state index contributed by atoms with van der Waals surface area (Å²) in [5, 5.41) is 14.3. The van der Waals surface area contributed by atoms with Crippen LogP contribution in [-0.2, 0) is 35.6 Å². The molecule has 0 radical (unpaired) electrons. The Kier molecular flexibility index (Phi) is 13.0. The third kappa shape index (κ3) is 9.68. The van der Waals surface area contributed by atoms with Gasteiger partial charge in [0.25, 0.3) is 0 Å². The Morgan fingerprint density at radius 1 is 0.871 bits per heavy atom. The molecule has 4 atom stereocenters. The molecule has 0 saturated heterocycles. The molecule has 3 heterocycles. The van der Waals surface area contributed by atoms with Gasteiger partial charge in [0.15, 0.2) is 17.6 Å². The summed E-state index contributed by atoms with van der Waals surface area (Å²) >= 11 is 12.2. The molecule has 8 rings (SSSR count). The lowest BCUT2D eigenvalue weighted by Crippen LogP contribution is -2.55. The average Bonchev–Trinajstić information content (AvgIpc) is 3.29. The molecule has 0 unspecified atom stereocenters. The van der Waals surface area contributed by atoms with Crippen LogP contribution in [-0.4, -0.2) is 59.7 Å². The van der Waals surface area contributed by atoms with Crippen molar-refractivity contribution < 1.29 is 28.9 Å². The number of hydrogen-bond acceptors (Lipinski definition) is 8. The van der Waals surface area contributed by atoms with E-state index in [9.17, 15) is 14.7 Å². The minimum atomic E-state index is -1.13. The van der Waals surface area contributed by atoms with Gasteiger partial charge < -0.3 is 29.5 Å². The molecule has 10 nitrogen and oxygen atoms in total. The predicted molar refractivity (Wildman–Crippen MR) is 242 cm³/mol. The number of benzene rings is 5.